The normalized spacial score (nSPS) is 15.8. The Kier molecular flexibility index (Phi) is 7.95. The van der Waals surface area contributed by atoms with Crippen LogP contribution in [0.1, 0.15) is 54.5 Å². The molecule has 4 rings (SSSR count). The monoisotopic (exact) mass is 482 g/mol. The highest BCUT2D eigenvalue weighted by molar-refractivity contribution is 6.30. The average molecular weight is 483 g/mol. The Morgan fingerprint density at radius 1 is 1.15 bits per heavy atom. The van der Waals surface area contributed by atoms with E-state index in [0.29, 0.717) is 30.4 Å². The standard InChI is InChI=1S/C25H31ClN6O2/c1-16-30-31-25-21(15-23(33)28-13-5-3-4-12-27)29-24(17-6-8-18(26)9-7-17)20-14-19(34-2)10-11-22(20)32(16)25/h6-11,14,21,23,28,33H,3-5,12-13,15,27H2,1-2H3. The largest absolute Gasteiger partial charge is 0.497 e. The third-order valence-corrected chi connectivity index (χ3v) is 6.21. The number of nitrogens with one attached hydrogen (secondary N) is 1. The van der Waals surface area contributed by atoms with Crippen molar-refractivity contribution in [2.75, 3.05) is 20.2 Å². The van der Waals surface area contributed by atoms with Crippen LogP contribution in [0.3, 0.4) is 0 Å². The van der Waals surface area contributed by atoms with Crippen LogP contribution in [0.15, 0.2) is 47.5 Å². The number of ether oxygens (including phenoxy) is 1. The number of aliphatic hydroxyl groups excluding tert-OH is 1. The van der Waals surface area contributed by atoms with Crippen LogP contribution in [0.25, 0.3) is 5.69 Å². The minimum absolute atomic E-state index is 0.358. The van der Waals surface area contributed by atoms with Gasteiger partial charge in [0.2, 0.25) is 0 Å². The number of nitrogens with two attached hydrogens (primary N) is 1. The van der Waals surface area contributed by atoms with Gasteiger partial charge in [-0.1, -0.05) is 30.2 Å². The van der Waals surface area contributed by atoms with Crippen molar-refractivity contribution in [1.29, 1.82) is 0 Å². The summed E-state index contributed by atoms with van der Waals surface area (Å²) >= 11 is 6.15. The molecule has 2 aromatic carbocycles. The van der Waals surface area contributed by atoms with Crippen molar-refractivity contribution in [1.82, 2.24) is 20.1 Å². The maximum atomic E-state index is 10.8. The molecule has 1 aliphatic rings. The Morgan fingerprint density at radius 2 is 1.94 bits per heavy atom. The molecule has 8 nitrogen and oxygen atoms in total. The lowest BCUT2D eigenvalue weighted by Crippen LogP contribution is -2.31. The van der Waals surface area contributed by atoms with Crippen LogP contribution in [0.5, 0.6) is 5.75 Å². The highest BCUT2D eigenvalue weighted by Crippen LogP contribution is 2.34. The summed E-state index contributed by atoms with van der Waals surface area (Å²) in [6.45, 7) is 3.32. The van der Waals surface area contributed by atoms with Gasteiger partial charge in [0, 0.05) is 22.6 Å². The molecule has 0 aliphatic carbocycles. The van der Waals surface area contributed by atoms with Crippen molar-refractivity contribution in [2.45, 2.75) is 44.9 Å². The summed E-state index contributed by atoms with van der Waals surface area (Å²) in [4.78, 5) is 5.12. The third kappa shape index (κ3) is 5.31. The Morgan fingerprint density at radius 3 is 2.68 bits per heavy atom. The van der Waals surface area contributed by atoms with E-state index in [1.807, 2.05) is 54.0 Å². The molecule has 2 atom stereocenters. The fourth-order valence-corrected chi connectivity index (χ4v) is 4.33. The lowest BCUT2D eigenvalue weighted by atomic mass is 10.00. The van der Waals surface area contributed by atoms with E-state index in [1.54, 1.807) is 7.11 Å². The molecule has 9 heteroatoms. The molecule has 0 fully saturated rings. The molecule has 2 heterocycles. The van der Waals surface area contributed by atoms with Gasteiger partial charge in [-0.25, -0.2) is 0 Å². The number of aryl methyl sites for hydroxylation is 1. The first-order chi connectivity index (χ1) is 16.5. The van der Waals surface area contributed by atoms with Gasteiger partial charge in [0.1, 0.15) is 23.8 Å². The minimum atomic E-state index is -0.737. The zero-order chi connectivity index (χ0) is 24.1. The Labute approximate surface area is 204 Å². The summed E-state index contributed by atoms with van der Waals surface area (Å²) in [5.74, 6) is 2.17. The van der Waals surface area contributed by atoms with Crippen molar-refractivity contribution >= 4 is 17.3 Å². The second-order valence-electron chi connectivity index (χ2n) is 8.38. The number of nitrogens with zero attached hydrogens (tertiary/aromatic N) is 4. The SMILES string of the molecule is COc1ccc2c(c1)C(c1ccc(Cl)cc1)=NC(CC(O)NCCCCCN)c1nnc(C)n1-2. The van der Waals surface area contributed by atoms with E-state index in [2.05, 4.69) is 15.5 Å². The van der Waals surface area contributed by atoms with Crippen molar-refractivity contribution in [2.24, 2.45) is 10.7 Å². The molecule has 0 spiro atoms. The zero-order valence-electron chi connectivity index (χ0n) is 19.5. The van der Waals surface area contributed by atoms with Crippen molar-refractivity contribution in [3.8, 4) is 11.4 Å². The Hall–Kier alpha value is -2.78. The van der Waals surface area contributed by atoms with E-state index in [0.717, 1.165) is 53.4 Å². The summed E-state index contributed by atoms with van der Waals surface area (Å²) in [6, 6.07) is 13.1. The smallest absolute Gasteiger partial charge is 0.162 e. The molecule has 180 valence electrons. The van der Waals surface area contributed by atoms with Crippen molar-refractivity contribution < 1.29 is 9.84 Å². The van der Waals surface area contributed by atoms with Gasteiger partial charge in [0.15, 0.2) is 5.82 Å². The fourth-order valence-electron chi connectivity index (χ4n) is 4.21. The highest BCUT2D eigenvalue weighted by atomic mass is 35.5. The molecule has 3 aromatic rings. The number of hydrogen-bond donors (Lipinski definition) is 3. The maximum absolute atomic E-state index is 10.8. The zero-order valence-corrected chi connectivity index (χ0v) is 20.3. The minimum Gasteiger partial charge on any atom is -0.497 e. The molecule has 34 heavy (non-hydrogen) atoms. The highest BCUT2D eigenvalue weighted by Gasteiger charge is 2.29. The molecule has 0 saturated heterocycles. The van der Waals surface area contributed by atoms with Crippen LogP contribution in [0, 0.1) is 6.92 Å². The van der Waals surface area contributed by atoms with Crippen LogP contribution in [-0.4, -0.2) is 52.0 Å². The number of benzene rings is 2. The van der Waals surface area contributed by atoms with Crippen LogP contribution >= 0.6 is 11.6 Å². The lowest BCUT2D eigenvalue weighted by molar-refractivity contribution is 0.118. The van der Waals surface area contributed by atoms with Crippen molar-refractivity contribution in [3.05, 3.63) is 70.3 Å². The van der Waals surface area contributed by atoms with Gasteiger partial charge in [0.05, 0.1) is 18.5 Å². The number of halogens is 1. The van der Waals surface area contributed by atoms with Gasteiger partial charge in [-0.3, -0.25) is 14.9 Å². The van der Waals surface area contributed by atoms with E-state index < -0.39 is 12.3 Å². The lowest BCUT2D eigenvalue weighted by Gasteiger charge is -2.18. The second-order valence-corrected chi connectivity index (χ2v) is 8.82. The van der Waals surface area contributed by atoms with Gasteiger partial charge in [0.25, 0.3) is 0 Å². The first kappa shape index (κ1) is 24.3. The van der Waals surface area contributed by atoms with Gasteiger partial charge in [-0.15, -0.1) is 10.2 Å². The molecule has 4 N–H and O–H groups in total. The number of fused-ring (bicyclic) bond motifs is 3. The van der Waals surface area contributed by atoms with Crippen LogP contribution in [-0.2, 0) is 0 Å². The summed E-state index contributed by atoms with van der Waals surface area (Å²) in [7, 11) is 1.64. The summed E-state index contributed by atoms with van der Waals surface area (Å²) in [5, 5.41) is 23.4. The summed E-state index contributed by atoms with van der Waals surface area (Å²) in [6.07, 6.45) is 2.59. The topological polar surface area (TPSA) is 111 Å². The van der Waals surface area contributed by atoms with E-state index in [9.17, 15) is 5.11 Å². The molecule has 1 aromatic heterocycles. The number of aliphatic imine (C=N–C) groups is 1. The van der Waals surface area contributed by atoms with Gasteiger partial charge >= 0.3 is 0 Å². The molecular weight excluding hydrogens is 452 g/mol. The van der Waals surface area contributed by atoms with E-state index in [4.69, 9.17) is 27.1 Å². The number of unbranched alkanes of at least 4 members (excludes halogenated alkanes) is 2. The third-order valence-electron chi connectivity index (χ3n) is 5.96. The molecule has 0 amide bonds. The molecule has 0 bridgehead atoms. The molecule has 0 saturated carbocycles. The van der Waals surface area contributed by atoms with Crippen LogP contribution < -0.4 is 15.8 Å². The number of rotatable bonds is 10. The van der Waals surface area contributed by atoms with Gasteiger partial charge in [-0.05, 0) is 63.2 Å². The fraction of sp³-hybridized carbons (Fsp3) is 0.400. The summed E-state index contributed by atoms with van der Waals surface area (Å²) < 4.78 is 7.53. The molecular formula is C25H31ClN6O2. The molecule has 1 aliphatic heterocycles. The Balaban J connectivity index is 1.73. The van der Waals surface area contributed by atoms with E-state index in [-0.39, 0.29) is 0 Å². The molecule has 2 unspecified atom stereocenters. The van der Waals surface area contributed by atoms with Crippen molar-refractivity contribution in [3.63, 3.8) is 0 Å². The quantitative estimate of drug-likeness (QED) is 0.301. The van der Waals surface area contributed by atoms with Crippen LogP contribution in [0.4, 0.5) is 0 Å². The molecule has 0 radical (unpaired) electrons. The first-order valence-corrected chi connectivity index (χ1v) is 12.0. The average Bonchev–Trinajstić information content (AvgIpc) is 3.16. The number of hydrogen-bond acceptors (Lipinski definition) is 7. The first-order valence-electron chi connectivity index (χ1n) is 11.6. The predicted octanol–water partition coefficient (Wildman–Crippen LogP) is 3.56. The van der Waals surface area contributed by atoms with Crippen LogP contribution in [0.2, 0.25) is 5.02 Å². The van der Waals surface area contributed by atoms with Gasteiger partial charge < -0.3 is 15.6 Å². The number of methoxy groups -OCH3 is 1. The Bertz CT molecular complexity index is 1140. The van der Waals surface area contributed by atoms with Gasteiger partial charge in [-0.2, -0.15) is 0 Å². The second kappa shape index (κ2) is 11.1. The maximum Gasteiger partial charge on any atom is 0.162 e. The van der Waals surface area contributed by atoms with E-state index in [1.165, 1.54) is 0 Å². The summed E-state index contributed by atoms with van der Waals surface area (Å²) in [5.41, 5.74) is 9.09. The number of aliphatic hydroxyl groups is 1. The van der Waals surface area contributed by atoms with E-state index >= 15 is 0 Å². The number of aromatic nitrogens is 3. The predicted molar refractivity (Wildman–Crippen MR) is 134 cm³/mol.